The van der Waals surface area contributed by atoms with Crippen LogP contribution in [-0.4, -0.2) is 20.6 Å². The van der Waals surface area contributed by atoms with Gasteiger partial charge in [-0.3, -0.25) is 5.21 Å². The van der Waals surface area contributed by atoms with Crippen LogP contribution in [0, 0.1) is 0 Å². The van der Waals surface area contributed by atoms with Gasteiger partial charge in [0.25, 0.3) is 0 Å². The molecule has 48 valence electrons. The van der Waals surface area contributed by atoms with E-state index < -0.39 is 0 Å². The average molecular weight is 142 g/mol. The molecule has 0 saturated carbocycles. The van der Waals surface area contributed by atoms with Gasteiger partial charge in [-0.1, -0.05) is 6.08 Å². The number of hydrogen-bond acceptors (Lipinski definition) is 2. The van der Waals surface area contributed by atoms with Gasteiger partial charge < -0.3 is 0 Å². The van der Waals surface area contributed by atoms with Crippen LogP contribution < -0.4 is 0 Å². The summed E-state index contributed by atoms with van der Waals surface area (Å²) in [5, 5.41) is 9.05. The van der Waals surface area contributed by atoms with E-state index in [0.29, 0.717) is 11.4 Å². The predicted octanol–water partition coefficient (Wildman–Crippen LogP) is 1.14. The number of nitrogens with zero attached hydrogens (tertiary/aromatic N) is 1. The van der Waals surface area contributed by atoms with Crippen molar-refractivity contribution in [1.82, 2.24) is 0 Å². The van der Waals surface area contributed by atoms with Gasteiger partial charge in [-0.2, -0.15) is 0 Å². The second kappa shape index (κ2) is 2.27. The van der Waals surface area contributed by atoms with Crippen molar-refractivity contribution >= 4 is 22.9 Å². The molecule has 0 atom stereocenters. The van der Waals surface area contributed by atoms with Crippen LogP contribution in [0.4, 0.5) is 0 Å². The molecule has 9 heavy (non-hydrogen) atoms. The molecule has 1 N–H and O–H groups in total. The summed E-state index contributed by atoms with van der Waals surface area (Å²) in [7, 11) is 0. The average Bonchev–Trinajstić information content (AvgIpc) is 1.83. The van der Waals surface area contributed by atoms with E-state index in [1.807, 2.05) is 19.1 Å². The van der Waals surface area contributed by atoms with E-state index in [1.165, 1.54) is 0 Å². The van der Waals surface area contributed by atoms with E-state index in [9.17, 15) is 0 Å². The molecular formula is C6H8NOS+. The van der Waals surface area contributed by atoms with Crippen LogP contribution in [0.15, 0.2) is 12.2 Å². The minimum atomic E-state index is 0.565. The highest BCUT2D eigenvalue weighted by Gasteiger charge is 2.16. The molecule has 0 bridgehead atoms. The normalized spacial score (nSPS) is 19.0. The Morgan fingerprint density at radius 1 is 1.78 bits per heavy atom. The fourth-order valence-corrected chi connectivity index (χ4v) is 0.924. The molecule has 0 aromatic rings. The third kappa shape index (κ3) is 1.16. The Bertz CT molecular complexity index is 205. The first-order chi connectivity index (χ1) is 4.22. The van der Waals surface area contributed by atoms with E-state index in [2.05, 4.69) is 0 Å². The Balaban J connectivity index is 2.97. The number of hydrogen-bond donors (Lipinski definition) is 1. The minimum absolute atomic E-state index is 0.565. The maximum Gasteiger partial charge on any atom is 0.302 e. The van der Waals surface area contributed by atoms with Crippen molar-refractivity contribution in [2.24, 2.45) is 0 Å². The lowest BCUT2D eigenvalue weighted by Gasteiger charge is -1.97. The van der Waals surface area contributed by atoms with Gasteiger partial charge in [-0.15, -0.1) is 0 Å². The van der Waals surface area contributed by atoms with Gasteiger partial charge in [0.2, 0.25) is 5.71 Å². The molecule has 0 spiro atoms. The molecule has 1 rings (SSSR count). The van der Waals surface area contributed by atoms with Gasteiger partial charge in [-0.05, 0) is 12.2 Å². The van der Waals surface area contributed by atoms with Crippen molar-refractivity contribution < 1.29 is 9.95 Å². The summed E-state index contributed by atoms with van der Waals surface area (Å²) in [5.74, 6) is 0. The summed E-state index contributed by atoms with van der Waals surface area (Å²) in [6.07, 6.45) is 4.45. The van der Waals surface area contributed by atoms with Crippen molar-refractivity contribution in [3.05, 3.63) is 12.2 Å². The molecule has 0 aromatic carbocycles. The summed E-state index contributed by atoms with van der Waals surface area (Å²) < 4.78 is 1.04. The molecule has 0 unspecified atom stereocenters. The topological polar surface area (TPSA) is 23.2 Å². The van der Waals surface area contributed by atoms with Gasteiger partial charge in [0, 0.05) is 17.7 Å². The summed E-state index contributed by atoms with van der Waals surface area (Å²) in [6.45, 7) is 1.81. The van der Waals surface area contributed by atoms with Crippen LogP contribution in [0.2, 0.25) is 0 Å². The van der Waals surface area contributed by atoms with E-state index in [4.69, 9.17) is 17.4 Å². The fourth-order valence-electron chi connectivity index (χ4n) is 0.684. The van der Waals surface area contributed by atoms with Crippen molar-refractivity contribution in [2.75, 3.05) is 0 Å². The van der Waals surface area contributed by atoms with Gasteiger partial charge in [0.05, 0.1) is 6.42 Å². The number of thiocarbonyl (C=S) groups is 1. The lowest BCUT2D eigenvalue weighted by molar-refractivity contribution is -0.688. The lowest BCUT2D eigenvalue weighted by atomic mass is 10.2. The van der Waals surface area contributed by atoms with Crippen LogP contribution in [0.1, 0.15) is 13.3 Å². The van der Waals surface area contributed by atoms with E-state index in [0.717, 1.165) is 10.5 Å². The SMILES string of the molecule is CC1=[N+](O)C(=S)CC=C1. The van der Waals surface area contributed by atoms with Crippen LogP contribution in [0.3, 0.4) is 0 Å². The molecule has 1 aliphatic heterocycles. The first-order valence-electron chi connectivity index (χ1n) is 2.74. The first-order valence-corrected chi connectivity index (χ1v) is 3.14. The van der Waals surface area contributed by atoms with Gasteiger partial charge in [-0.25, -0.2) is 0 Å². The summed E-state index contributed by atoms with van der Waals surface area (Å²) in [4.78, 5) is 0.565. The zero-order valence-corrected chi connectivity index (χ0v) is 5.98. The highest BCUT2D eigenvalue weighted by atomic mass is 32.1. The zero-order chi connectivity index (χ0) is 6.85. The second-order valence-corrected chi connectivity index (χ2v) is 2.42. The molecular weight excluding hydrogens is 134 g/mol. The quantitative estimate of drug-likeness (QED) is 0.311. The highest BCUT2D eigenvalue weighted by Crippen LogP contribution is 1.98. The standard InChI is InChI=1S/C6H8NOS/c1-5-3-2-4-6(9)7(5)8/h2-3,8H,4H2,1H3/q+1. The van der Waals surface area contributed by atoms with E-state index in [1.54, 1.807) is 0 Å². The molecule has 3 heteroatoms. The molecule has 2 nitrogen and oxygen atoms in total. The smallest absolute Gasteiger partial charge is 0.284 e. The number of allylic oxidation sites excluding steroid dienone is 1. The van der Waals surface area contributed by atoms with E-state index >= 15 is 0 Å². The Kier molecular flexibility index (Phi) is 1.62. The Morgan fingerprint density at radius 3 is 2.89 bits per heavy atom. The molecule has 0 radical (unpaired) electrons. The maximum absolute atomic E-state index is 9.05. The van der Waals surface area contributed by atoms with Crippen molar-refractivity contribution in [1.29, 1.82) is 0 Å². The van der Waals surface area contributed by atoms with Crippen LogP contribution in [0.25, 0.3) is 0 Å². The van der Waals surface area contributed by atoms with Crippen LogP contribution in [0.5, 0.6) is 0 Å². The monoisotopic (exact) mass is 142 g/mol. The second-order valence-electron chi connectivity index (χ2n) is 1.95. The largest absolute Gasteiger partial charge is 0.302 e. The molecule has 0 aromatic heterocycles. The Morgan fingerprint density at radius 2 is 2.44 bits per heavy atom. The molecule has 1 aliphatic rings. The summed E-state index contributed by atoms with van der Waals surface area (Å²) >= 11 is 4.81. The number of rotatable bonds is 0. The maximum atomic E-state index is 9.05. The van der Waals surface area contributed by atoms with Gasteiger partial charge in [0.15, 0.2) is 0 Å². The molecule has 0 saturated heterocycles. The Labute approximate surface area is 59.1 Å². The first kappa shape index (κ1) is 6.42. The highest BCUT2D eigenvalue weighted by molar-refractivity contribution is 7.80. The van der Waals surface area contributed by atoms with Gasteiger partial charge >= 0.3 is 4.99 Å². The fraction of sp³-hybridized carbons (Fsp3) is 0.333. The molecule has 0 fully saturated rings. The van der Waals surface area contributed by atoms with Gasteiger partial charge in [0.1, 0.15) is 0 Å². The predicted molar refractivity (Wildman–Crippen MR) is 39.1 cm³/mol. The van der Waals surface area contributed by atoms with Crippen LogP contribution in [-0.2, 0) is 0 Å². The molecule has 0 aliphatic carbocycles. The molecule has 0 amide bonds. The number of hydroxylamine groups is 1. The minimum Gasteiger partial charge on any atom is -0.284 e. The third-order valence-electron chi connectivity index (χ3n) is 1.22. The summed E-state index contributed by atoms with van der Waals surface area (Å²) in [5.41, 5.74) is 0.784. The summed E-state index contributed by atoms with van der Waals surface area (Å²) in [6, 6.07) is 0. The van der Waals surface area contributed by atoms with Crippen molar-refractivity contribution in [3.8, 4) is 0 Å². The molecule has 1 heterocycles. The van der Waals surface area contributed by atoms with Crippen LogP contribution >= 0.6 is 12.2 Å². The van der Waals surface area contributed by atoms with Crippen molar-refractivity contribution in [2.45, 2.75) is 13.3 Å². The van der Waals surface area contributed by atoms with Crippen molar-refractivity contribution in [3.63, 3.8) is 0 Å². The Hall–Kier alpha value is -0.700. The lowest BCUT2D eigenvalue weighted by Crippen LogP contribution is -2.22. The third-order valence-corrected chi connectivity index (χ3v) is 1.56. The zero-order valence-electron chi connectivity index (χ0n) is 5.16. The van der Waals surface area contributed by atoms with E-state index in [-0.39, 0.29) is 0 Å².